The second-order valence-corrected chi connectivity index (χ2v) is 8.33. The summed E-state index contributed by atoms with van der Waals surface area (Å²) in [6.45, 7) is 7.87. The zero-order valence-electron chi connectivity index (χ0n) is 14.0. The first-order valence-electron chi connectivity index (χ1n) is 8.26. The quantitative estimate of drug-likeness (QED) is 0.788. The number of quaternary nitrogens is 1. The topological polar surface area (TPSA) is 65.6 Å². The van der Waals surface area contributed by atoms with E-state index in [4.69, 9.17) is 5.26 Å². The summed E-state index contributed by atoms with van der Waals surface area (Å²) in [6, 6.07) is 9.40. The van der Waals surface area contributed by atoms with Crippen LogP contribution in [-0.4, -0.2) is 45.4 Å². The normalized spacial score (nSPS) is 17.3. The Hall–Kier alpha value is -1.42. The third kappa shape index (κ3) is 4.54. The Morgan fingerprint density at radius 2 is 1.83 bits per heavy atom. The fourth-order valence-corrected chi connectivity index (χ4v) is 4.33. The van der Waals surface area contributed by atoms with Gasteiger partial charge in [-0.2, -0.15) is 9.57 Å². The molecule has 126 valence electrons. The van der Waals surface area contributed by atoms with Gasteiger partial charge in [0, 0.05) is 12.8 Å². The molecule has 0 saturated carbocycles. The average molecular weight is 336 g/mol. The molecule has 1 N–H and O–H groups in total. The first kappa shape index (κ1) is 17.9. The van der Waals surface area contributed by atoms with E-state index in [1.807, 2.05) is 12.1 Å². The molecule has 23 heavy (non-hydrogen) atoms. The van der Waals surface area contributed by atoms with Crippen LogP contribution in [0.25, 0.3) is 0 Å². The minimum absolute atomic E-state index is 0.384. The van der Waals surface area contributed by atoms with Crippen LogP contribution in [0.2, 0.25) is 0 Å². The summed E-state index contributed by atoms with van der Waals surface area (Å²) in [5.41, 5.74) is 1.15. The van der Waals surface area contributed by atoms with Crippen LogP contribution >= 0.6 is 0 Å². The third-order valence-electron chi connectivity index (χ3n) is 4.43. The van der Waals surface area contributed by atoms with Gasteiger partial charge >= 0.3 is 0 Å². The number of nitriles is 1. The SMILES string of the molecule is CC(C)c1ccc(S(=O)(=O)N2CC[NH+](CCCC#N)CC2)cc1. The molecule has 1 heterocycles. The summed E-state index contributed by atoms with van der Waals surface area (Å²) >= 11 is 0. The lowest BCUT2D eigenvalue weighted by Crippen LogP contribution is -3.14. The number of rotatable bonds is 6. The Bertz CT molecular complexity index is 639. The first-order valence-corrected chi connectivity index (χ1v) is 9.70. The van der Waals surface area contributed by atoms with Crippen molar-refractivity contribution in [3.63, 3.8) is 0 Å². The van der Waals surface area contributed by atoms with Crippen LogP contribution in [0.3, 0.4) is 0 Å². The Morgan fingerprint density at radius 1 is 1.22 bits per heavy atom. The lowest BCUT2D eigenvalue weighted by Gasteiger charge is -2.31. The molecule has 1 aromatic carbocycles. The molecule has 0 unspecified atom stereocenters. The van der Waals surface area contributed by atoms with Gasteiger partial charge in [0.2, 0.25) is 10.0 Å². The van der Waals surface area contributed by atoms with Crippen LogP contribution < -0.4 is 4.90 Å². The van der Waals surface area contributed by atoms with Crippen LogP contribution in [0.5, 0.6) is 0 Å². The zero-order valence-corrected chi connectivity index (χ0v) is 14.8. The number of unbranched alkanes of at least 4 members (excludes halogenated alkanes) is 1. The molecule has 0 spiro atoms. The highest BCUT2D eigenvalue weighted by Crippen LogP contribution is 2.20. The number of sulfonamides is 1. The van der Waals surface area contributed by atoms with Crippen molar-refractivity contribution in [1.82, 2.24) is 4.31 Å². The zero-order chi connectivity index (χ0) is 16.9. The monoisotopic (exact) mass is 336 g/mol. The summed E-state index contributed by atoms with van der Waals surface area (Å²) in [6.07, 6.45) is 1.46. The van der Waals surface area contributed by atoms with Crippen molar-refractivity contribution >= 4 is 10.0 Å². The van der Waals surface area contributed by atoms with Crippen LogP contribution in [0.1, 0.15) is 38.2 Å². The molecular formula is C17H26N3O2S+. The van der Waals surface area contributed by atoms with E-state index in [1.165, 1.54) is 4.90 Å². The van der Waals surface area contributed by atoms with Crippen LogP contribution in [-0.2, 0) is 10.0 Å². The van der Waals surface area contributed by atoms with Gasteiger partial charge in [0.25, 0.3) is 0 Å². The van der Waals surface area contributed by atoms with Gasteiger partial charge in [-0.3, -0.25) is 0 Å². The van der Waals surface area contributed by atoms with Gasteiger partial charge in [-0.05, 0) is 23.6 Å². The highest BCUT2D eigenvalue weighted by molar-refractivity contribution is 7.89. The Kier molecular flexibility index (Phi) is 6.17. The van der Waals surface area contributed by atoms with E-state index in [9.17, 15) is 8.42 Å². The maximum atomic E-state index is 12.7. The minimum atomic E-state index is -3.39. The van der Waals surface area contributed by atoms with Crippen molar-refractivity contribution in [2.24, 2.45) is 0 Å². The largest absolute Gasteiger partial charge is 0.333 e. The van der Waals surface area contributed by atoms with Crippen LogP contribution in [0, 0.1) is 11.3 Å². The predicted molar refractivity (Wildman–Crippen MR) is 89.7 cm³/mol. The Morgan fingerprint density at radius 3 is 2.35 bits per heavy atom. The molecular weight excluding hydrogens is 310 g/mol. The second-order valence-electron chi connectivity index (χ2n) is 6.39. The van der Waals surface area contributed by atoms with Crippen molar-refractivity contribution in [3.8, 4) is 6.07 Å². The summed E-state index contributed by atoms with van der Waals surface area (Å²) in [5.74, 6) is 0.396. The summed E-state index contributed by atoms with van der Waals surface area (Å²) < 4.78 is 27.0. The van der Waals surface area contributed by atoms with Gasteiger partial charge in [0.1, 0.15) is 0 Å². The van der Waals surface area contributed by atoms with Gasteiger partial charge in [-0.25, -0.2) is 8.42 Å². The molecule has 1 fully saturated rings. The lowest BCUT2D eigenvalue weighted by molar-refractivity contribution is -0.903. The number of nitrogens with one attached hydrogen (secondary N) is 1. The minimum Gasteiger partial charge on any atom is -0.333 e. The Labute approximate surface area is 139 Å². The maximum Gasteiger partial charge on any atom is 0.243 e. The van der Waals surface area contributed by atoms with E-state index in [1.54, 1.807) is 16.4 Å². The molecule has 1 aliphatic heterocycles. The highest BCUT2D eigenvalue weighted by atomic mass is 32.2. The number of hydrogen-bond donors (Lipinski definition) is 1. The molecule has 1 aliphatic rings. The summed E-state index contributed by atoms with van der Waals surface area (Å²) in [7, 11) is -3.39. The van der Waals surface area contributed by atoms with E-state index in [-0.39, 0.29) is 0 Å². The van der Waals surface area contributed by atoms with E-state index in [2.05, 4.69) is 19.9 Å². The molecule has 0 amide bonds. The highest BCUT2D eigenvalue weighted by Gasteiger charge is 2.30. The number of piperazine rings is 1. The molecule has 1 saturated heterocycles. The van der Waals surface area contributed by atoms with E-state index in [0.29, 0.717) is 30.3 Å². The smallest absolute Gasteiger partial charge is 0.243 e. The van der Waals surface area contributed by atoms with E-state index < -0.39 is 10.0 Å². The molecule has 0 aliphatic carbocycles. The van der Waals surface area contributed by atoms with Gasteiger partial charge in [0.05, 0.1) is 43.7 Å². The van der Waals surface area contributed by atoms with Crippen LogP contribution in [0.15, 0.2) is 29.2 Å². The molecule has 1 aromatic rings. The third-order valence-corrected chi connectivity index (χ3v) is 6.35. The molecule has 0 aromatic heterocycles. The second kappa shape index (κ2) is 7.91. The van der Waals surface area contributed by atoms with E-state index >= 15 is 0 Å². The number of nitrogens with zero attached hydrogens (tertiary/aromatic N) is 2. The van der Waals surface area contributed by atoms with Gasteiger partial charge < -0.3 is 4.90 Å². The summed E-state index contributed by atoms with van der Waals surface area (Å²) in [4.78, 5) is 1.77. The molecule has 0 atom stereocenters. The van der Waals surface area contributed by atoms with Gasteiger partial charge in [-0.15, -0.1) is 0 Å². The fraction of sp³-hybridized carbons (Fsp3) is 0.588. The fourth-order valence-electron chi connectivity index (χ4n) is 2.88. The van der Waals surface area contributed by atoms with Gasteiger partial charge in [-0.1, -0.05) is 26.0 Å². The van der Waals surface area contributed by atoms with Crippen molar-refractivity contribution in [2.75, 3.05) is 32.7 Å². The predicted octanol–water partition coefficient (Wildman–Crippen LogP) is 1.00. The molecule has 2 rings (SSSR count). The van der Waals surface area contributed by atoms with Crippen molar-refractivity contribution < 1.29 is 13.3 Å². The molecule has 0 bridgehead atoms. The van der Waals surface area contributed by atoms with Crippen molar-refractivity contribution in [2.45, 2.75) is 37.5 Å². The first-order chi connectivity index (χ1) is 10.9. The van der Waals surface area contributed by atoms with Crippen molar-refractivity contribution in [1.29, 1.82) is 5.26 Å². The lowest BCUT2D eigenvalue weighted by atomic mass is 10.0. The van der Waals surface area contributed by atoms with Crippen LogP contribution in [0.4, 0.5) is 0 Å². The molecule has 0 radical (unpaired) electrons. The van der Waals surface area contributed by atoms with Gasteiger partial charge in [0.15, 0.2) is 0 Å². The van der Waals surface area contributed by atoms with E-state index in [0.717, 1.165) is 31.6 Å². The molecule has 5 nitrogen and oxygen atoms in total. The summed E-state index contributed by atoms with van der Waals surface area (Å²) in [5, 5.41) is 8.58. The molecule has 6 heteroatoms. The number of hydrogen-bond acceptors (Lipinski definition) is 3. The Balaban J connectivity index is 1.97. The average Bonchev–Trinajstić information content (AvgIpc) is 2.55. The van der Waals surface area contributed by atoms with Crippen molar-refractivity contribution in [3.05, 3.63) is 29.8 Å². The maximum absolute atomic E-state index is 12.7. The standard InChI is InChI=1S/C17H25N3O2S/c1-15(2)16-5-7-17(8-6-16)23(21,22)20-13-11-19(12-14-20)10-4-3-9-18/h5-8,15H,3-4,10-14H2,1-2H3/p+1. The number of benzene rings is 1.